The van der Waals surface area contributed by atoms with E-state index in [0.717, 1.165) is 37.7 Å². The Balaban J connectivity index is 1.65. The summed E-state index contributed by atoms with van der Waals surface area (Å²) >= 11 is 5.05. The molecule has 0 saturated heterocycles. The van der Waals surface area contributed by atoms with Crippen molar-refractivity contribution < 1.29 is 39.5 Å². The van der Waals surface area contributed by atoms with Crippen LogP contribution in [0.4, 0.5) is 0 Å². The number of hydrogen-bond acceptors (Lipinski definition) is 9. The van der Waals surface area contributed by atoms with Crippen LogP contribution in [0.3, 0.4) is 0 Å². The quantitative estimate of drug-likeness (QED) is 0.0724. The van der Waals surface area contributed by atoms with Gasteiger partial charge in [0.2, 0.25) is 0 Å². The number of aliphatic hydroxyl groups excluding tert-OH is 4. The van der Waals surface area contributed by atoms with Crippen molar-refractivity contribution in [2.45, 2.75) is 129 Å². The first kappa shape index (κ1) is 38.2. The normalized spacial score (nSPS) is 48.8. The minimum absolute atomic E-state index is 0.0834. The van der Waals surface area contributed by atoms with Gasteiger partial charge in [-0.2, -0.15) is 12.6 Å². The van der Waals surface area contributed by atoms with Crippen LogP contribution in [0.15, 0.2) is 23.3 Å². The smallest absolute Gasteiger partial charge is 0.333 e. The number of esters is 2. The molecule has 260 valence electrons. The van der Waals surface area contributed by atoms with Crippen molar-refractivity contribution in [3.8, 4) is 0 Å². The topological polar surface area (TPSA) is 134 Å². The van der Waals surface area contributed by atoms with Crippen molar-refractivity contribution in [2.75, 3.05) is 6.61 Å². The first-order chi connectivity index (χ1) is 22.1. The molecule has 0 spiro atoms. The molecule has 5 aliphatic carbocycles. The average molecular weight is 678 g/mol. The Kier molecular flexibility index (Phi) is 10.0. The number of aliphatic hydroxyl groups is 4. The van der Waals surface area contributed by atoms with E-state index in [4.69, 9.17) is 22.1 Å². The molecule has 4 unspecified atom stereocenters. The lowest BCUT2D eigenvalue weighted by molar-refractivity contribution is -0.240. The van der Waals surface area contributed by atoms with E-state index >= 15 is 0 Å². The SMILES string of the molecule is BC1(B)C2CC[C@]3(B)C(CC=C4C5C[C@@](B)(S)[C@@H](OC(=O)/C(C)=C\C)[C@H](O)[C@]5(COC(=O)C(C)CC)[C@H](O)[C@H](O)[C@]43B)[C@@]2(B)CC[C@@H]1O. The first-order valence-corrected chi connectivity index (χ1v) is 18.7. The van der Waals surface area contributed by atoms with Crippen LogP contribution in [0.2, 0.25) is 21.2 Å². The number of ether oxygens (including phenoxy) is 2. The number of allylic oxidation sites excluding steroid dienone is 2. The fraction of sp³-hybridized carbons (Fsp3) is 0.818. The summed E-state index contributed by atoms with van der Waals surface area (Å²) in [6, 6.07) is 0. The summed E-state index contributed by atoms with van der Waals surface area (Å²) in [7, 11) is 13.0. The van der Waals surface area contributed by atoms with Crippen LogP contribution in [0.5, 0.6) is 0 Å². The summed E-state index contributed by atoms with van der Waals surface area (Å²) in [4.78, 5) is 26.2. The highest BCUT2D eigenvalue weighted by molar-refractivity contribution is 7.83. The highest BCUT2D eigenvalue weighted by Crippen LogP contribution is 2.81. The minimum Gasteiger partial charge on any atom is -0.465 e. The Morgan fingerprint density at radius 3 is 2.27 bits per heavy atom. The predicted octanol–water partition coefficient (Wildman–Crippen LogP) is -1.92. The lowest BCUT2D eigenvalue weighted by Crippen LogP contribution is -2.75. The number of thiol groups is 1. The van der Waals surface area contributed by atoms with Crippen LogP contribution in [0.1, 0.15) is 72.6 Å². The van der Waals surface area contributed by atoms with Gasteiger partial charge in [0, 0.05) is 16.3 Å². The Bertz CT molecular complexity index is 1380. The van der Waals surface area contributed by atoms with E-state index in [0.29, 0.717) is 24.3 Å². The van der Waals surface area contributed by atoms with E-state index in [2.05, 4.69) is 45.3 Å². The standard InChI is InChI=1S/C33H56B6O8S/c1-5-15(3)26(44)46-14-28-18(13-31(36,48)25(24(28)43)47-27(45)16(4)6-2)17-7-8-19-29(34)11-10-21(40)33(38,39)20(29)9-12-30(19,35)32(17,37)23(42)22(28)41/h6-7,15,18-25,40-43,48H,5,8-14,34-39H2,1-4H3/b16-6-/t15?,18?,19?,20?,21-,22+,23-,24-,25-,28-,29-,30-,31+,32+/m0/s1. The van der Waals surface area contributed by atoms with Gasteiger partial charge in [0.25, 0.3) is 0 Å². The number of carbonyl (C=O) groups is 2. The van der Waals surface area contributed by atoms with Crippen LogP contribution in [0.25, 0.3) is 0 Å². The molecule has 4 saturated carbocycles. The van der Waals surface area contributed by atoms with Gasteiger partial charge in [0.1, 0.15) is 65.9 Å². The molecule has 48 heavy (non-hydrogen) atoms. The van der Waals surface area contributed by atoms with Crippen molar-refractivity contribution in [1.29, 1.82) is 0 Å². The summed E-state index contributed by atoms with van der Waals surface area (Å²) in [6.45, 7) is 6.71. The zero-order chi connectivity index (χ0) is 36.0. The van der Waals surface area contributed by atoms with Crippen LogP contribution >= 0.6 is 12.6 Å². The molecule has 0 aromatic heterocycles. The summed E-state index contributed by atoms with van der Waals surface area (Å²) in [5.74, 6) is -1.45. The molecule has 0 amide bonds. The monoisotopic (exact) mass is 678 g/mol. The largest absolute Gasteiger partial charge is 0.465 e. The average Bonchev–Trinajstić information content (AvgIpc) is 3.03. The maximum absolute atomic E-state index is 13.1. The van der Waals surface area contributed by atoms with Gasteiger partial charge in [-0.05, 0) is 62.6 Å². The van der Waals surface area contributed by atoms with Crippen molar-refractivity contribution >= 4 is 71.6 Å². The van der Waals surface area contributed by atoms with E-state index < -0.39 is 63.0 Å². The van der Waals surface area contributed by atoms with Crippen LogP contribution in [-0.2, 0) is 19.1 Å². The lowest BCUT2D eigenvalue weighted by Gasteiger charge is -2.74. The molecule has 0 radical (unpaired) electrons. The van der Waals surface area contributed by atoms with Crippen molar-refractivity contribution in [1.82, 2.24) is 0 Å². The minimum atomic E-state index is -1.55. The molecule has 14 atom stereocenters. The molecule has 8 nitrogen and oxygen atoms in total. The second-order valence-corrected chi connectivity index (χ2v) is 18.8. The highest BCUT2D eigenvalue weighted by Gasteiger charge is 2.75. The van der Waals surface area contributed by atoms with Gasteiger partial charge in [0.05, 0.1) is 23.5 Å². The summed E-state index contributed by atoms with van der Waals surface area (Å²) in [5.41, 5.74) is -0.213. The maximum Gasteiger partial charge on any atom is 0.333 e. The molecule has 4 N–H and O–H groups in total. The Hall–Kier alpha value is -1.00. The number of fused-ring (bicyclic) bond motifs is 7. The zero-order valence-corrected chi connectivity index (χ0v) is 31.8. The van der Waals surface area contributed by atoms with Gasteiger partial charge in [0.15, 0.2) is 0 Å². The van der Waals surface area contributed by atoms with Crippen molar-refractivity contribution in [3.63, 3.8) is 0 Å². The summed E-state index contributed by atoms with van der Waals surface area (Å²) in [6.07, 6.45) is 3.08. The molecular weight excluding hydrogens is 621 g/mol. The highest BCUT2D eigenvalue weighted by atomic mass is 32.1. The fourth-order valence-corrected chi connectivity index (χ4v) is 12.1. The summed E-state index contributed by atoms with van der Waals surface area (Å²) < 4.78 is 10.9. The van der Waals surface area contributed by atoms with Gasteiger partial charge in [-0.1, -0.05) is 66.7 Å². The molecule has 0 aliphatic heterocycles. The molecule has 0 aromatic carbocycles. The van der Waals surface area contributed by atoms with Crippen LogP contribution in [-0.4, -0.2) is 121 Å². The molecule has 15 heteroatoms. The second kappa shape index (κ2) is 12.6. The molecular formula is C33H56B6O8S. The molecule has 0 heterocycles. The molecule has 5 aliphatic rings. The van der Waals surface area contributed by atoms with E-state index in [9.17, 15) is 30.0 Å². The van der Waals surface area contributed by atoms with Crippen LogP contribution in [0, 0.1) is 29.1 Å². The fourth-order valence-electron chi connectivity index (χ4n) is 11.7. The maximum atomic E-state index is 13.1. The van der Waals surface area contributed by atoms with Crippen molar-refractivity contribution in [3.05, 3.63) is 23.3 Å². The van der Waals surface area contributed by atoms with Gasteiger partial charge in [-0.3, -0.25) is 4.79 Å². The third-order valence-corrected chi connectivity index (χ3v) is 15.8. The van der Waals surface area contributed by atoms with E-state index in [1.807, 2.05) is 14.8 Å². The number of carbonyl (C=O) groups excluding carboxylic acids is 2. The first-order valence-electron chi connectivity index (χ1n) is 18.3. The van der Waals surface area contributed by atoms with Crippen molar-refractivity contribution in [2.24, 2.45) is 29.1 Å². The van der Waals surface area contributed by atoms with E-state index in [1.165, 1.54) is 0 Å². The Morgan fingerprint density at radius 1 is 1.02 bits per heavy atom. The Labute approximate surface area is 298 Å². The van der Waals surface area contributed by atoms with E-state index in [1.54, 1.807) is 26.8 Å². The van der Waals surface area contributed by atoms with Gasteiger partial charge in [-0.15, -0.1) is 0 Å². The van der Waals surface area contributed by atoms with Gasteiger partial charge in [-0.25, -0.2) is 4.79 Å². The van der Waals surface area contributed by atoms with Crippen LogP contribution < -0.4 is 0 Å². The van der Waals surface area contributed by atoms with Gasteiger partial charge >= 0.3 is 11.9 Å². The lowest BCUT2D eigenvalue weighted by atomic mass is 9.20. The summed E-state index contributed by atoms with van der Waals surface area (Å²) in [5, 5.41) is 47.1. The number of rotatable bonds is 6. The third kappa shape index (κ3) is 5.15. The molecule has 4 fully saturated rings. The zero-order valence-electron chi connectivity index (χ0n) is 30.9. The Morgan fingerprint density at radius 2 is 1.67 bits per heavy atom. The third-order valence-electron chi connectivity index (χ3n) is 15.4. The predicted molar refractivity (Wildman–Crippen MR) is 206 cm³/mol. The molecule has 5 rings (SSSR count). The number of hydrogen-bond donors (Lipinski definition) is 5. The van der Waals surface area contributed by atoms with Gasteiger partial charge < -0.3 is 29.9 Å². The van der Waals surface area contributed by atoms with E-state index in [-0.39, 0.29) is 35.1 Å². The molecule has 0 aromatic rings. The molecule has 0 bridgehead atoms. The second-order valence-electron chi connectivity index (χ2n) is 17.8.